The number of methoxy groups -OCH3 is 1. The maximum Gasteiger partial charge on any atom is 0.321 e. The van der Waals surface area contributed by atoms with Crippen molar-refractivity contribution in [2.75, 3.05) is 17.7 Å². The van der Waals surface area contributed by atoms with Gasteiger partial charge in [0, 0.05) is 18.3 Å². The standard InChI is InChI=1S/C17H18N6O3/c1-9-14(10(2)26-23-9)15-20-16(22-17(21-15)25-4)19-13-7-5-12(6-8-13)18-11(3)24/h5-8H,1-4H3,(H,18,24)(H,19,20,21,22). The number of carbonyl (C=O) groups is 1. The maximum atomic E-state index is 11.1. The van der Waals surface area contributed by atoms with E-state index in [1.54, 1.807) is 31.2 Å². The molecular weight excluding hydrogens is 336 g/mol. The van der Waals surface area contributed by atoms with Crippen LogP contribution in [0.5, 0.6) is 6.01 Å². The molecule has 2 heterocycles. The number of benzene rings is 1. The third kappa shape index (κ3) is 3.77. The quantitative estimate of drug-likeness (QED) is 0.719. The van der Waals surface area contributed by atoms with Crippen LogP contribution in [0.15, 0.2) is 28.8 Å². The number of aryl methyl sites for hydroxylation is 2. The van der Waals surface area contributed by atoms with E-state index >= 15 is 0 Å². The molecule has 0 aliphatic heterocycles. The molecule has 1 amide bonds. The average Bonchev–Trinajstić information content (AvgIpc) is 2.94. The predicted molar refractivity (Wildman–Crippen MR) is 95.4 cm³/mol. The van der Waals surface area contributed by atoms with Gasteiger partial charge in [-0.3, -0.25) is 4.79 Å². The van der Waals surface area contributed by atoms with E-state index in [0.717, 1.165) is 5.69 Å². The predicted octanol–water partition coefficient (Wildman–Crippen LogP) is 2.85. The van der Waals surface area contributed by atoms with Crippen LogP contribution < -0.4 is 15.4 Å². The zero-order chi connectivity index (χ0) is 18.7. The second-order valence-corrected chi connectivity index (χ2v) is 5.55. The molecule has 0 aliphatic rings. The Hall–Kier alpha value is -3.49. The minimum Gasteiger partial charge on any atom is -0.467 e. The van der Waals surface area contributed by atoms with Crippen LogP contribution in [-0.2, 0) is 4.79 Å². The fourth-order valence-corrected chi connectivity index (χ4v) is 2.39. The Bertz CT molecular complexity index is 917. The van der Waals surface area contributed by atoms with Gasteiger partial charge in [-0.2, -0.15) is 15.0 Å². The third-order valence-electron chi connectivity index (χ3n) is 3.52. The number of ether oxygens (including phenoxy) is 1. The highest BCUT2D eigenvalue weighted by atomic mass is 16.5. The summed E-state index contributed by atoms with van der Waals surface area (Å²) in [6.07, 6.45) is 0. The van der Waals surface area contributed by atoms with Crippen molar-refractivity contribution in [3.05, 3.63) is 35.7 Å². The second kappa shape index (κ2) is 7.18. The highest BCUT2D eigenvalue weighted by Crippen LogP contribution is 2.26. The number of nitrogens with one attached hydrogen (secondary N) is 2. The lowest BCUT2D eigenvalue weighted by Gasteiger charge is -2.09. The van der Waals surface area contributed by atoms with E-state index in [2.05, 4.69) is 30.7 Å². The van der Waals surface area contributed by atoms with Gasteiger partial charge < -0.3 is 19.9 Å². The van der Waals surface area contributed by atoms with Crippen LogP contribution in [0.25, 0.3) is 11.4 Å². The van der Waals surface area contributed by atoms with Crippen molar-refractivity contribution in [1.29, 1.82) is 0 Å². The Morgan fingerprint density at radius 3 is 2.35 bits per heavy atom. The monoisotopic (exact) mass is 354 g/mol. The summed E-state index contributed by atoms with van der Waals surface area (Å²) < 4.78 is 10.4. The summed E-state index contributed by atoms with van der Waals surface area (Å²) in [5, 5.41) is 9.73. The van der Waals surface area contributed by atoms with Crippen molar-refractivity contribution in [3.8, 4) is 17.4 Å². The second-order valence-electron chi connectivity index (χ2n) is 5.55. The molecule has 3 rings (SSSR count). The Kier molecular flexibility index (Phi) is 4.78. The Balaban J connectivity index is 1.90. The van der Waals surface area contributed by atoms with Crippen LogP contribution in [0, 0.1) is 13.8 Å². The number of hydrogen-bond acceptors (Lipinski definition) is 8. The van der Waals surface area contributed by atoms with E-state index in [9.17, 15) is 4.79 Å². The van der Waals surface area contributed by atoms with Crippen LogP contribution in [-0.4, -0.2) is 33.1 Å². The van der Waals surface area contributed by atoms with Gasteiger partial charge in [0.15, 0.2) is 5.82 Å². The van der Waals surface area contributed by atoms with Gasteiger partial charge >= 0.3 is 6.01 Å². The number of rotatable bonds is 5. The van der Waals surface area contributed by atoms with Crippen molar-refractivity contribution in [2.24, 2.45) is 0 Å². The van der Waals surface area contributed by atoms with Gasteiger partial charge in [0.05, 0.1) is 18.4 Å². The van der Waals surface area contributed by atoms with Crippen molar-refractivity contribution < 1.29 is 14.1 Å². The minimum atomic E-state index is -0.128. The molecule has 0 bridgehead atoms. The van der Waals surface area contributed by atoms with Crippen molar-refractivity contribution in [3.63, 3.8) is 0 Å². The summed E-state index contributed by atoms with van der Waals surface area (Å²) in [7, 11) is 1.48. The molecule has 0 saturated carbocycles. The van der Waals surface area contributed by atoms with Gasteiger partial charge in [0.2, 0.25) is 11.9 Å². The first kappa shape index (κ1) is 17.3. The first-order valence-electron chi connectivity index (χ1n) is 7.84. The van der Waals surface area contributed by atoms with Crippen molar-refractivity contribution >= 4 is 23.2 Å². The maximum absolute atomic E-state index is 11.1. The molecule has 0 saturated heterocycles. The molecule has 2 N–H and O–H groups in total. The van der Waals surface area contributed by atoms with Gasteiger partial charge in [0.25, 0.3) is 0 Å². The molecule has 9 heteroatoms. The summed E-state index contributed by atoms with van der Waals surface area (Å²) in [6.45, 7) is 5.06. The number of hydrogen-bond donors (Lipinski definition) is 2. The number of carbonyl (C=O) groups excluding carboxylic acids is 1. The molecule has 2 aromatic heterocycles. The molecule has 3 aromatic rings. The molecule has 0 unspecified atom stereocenters. The zero-order valence-electron chi connectivity index (χ0n) is 14.8. The summed E-state index contributed by atoms with van der Waals surface area (Å²) in [5.74, 6) is 1.21. The number of aromatic nitrogens is 4. The Labute approximate surface area is 149 Å². The van der Waals surface area contributed by atoms with Gasteiger partial charge in [-0.25, -0.2) is 0 Å². The van der Waals surface area contributed by atoms with E-state index in [0.29, 0.717) is 34.5 Å². The summed E-state index contributed by atoms with van der Waals surface area (Å²) in [4.78, 5) is 24.0. The lowest BCUT2D eigenvalue weighted by atomic mass is 10.2. The largest absolute Gasteiger partial charge is 0.467 e. The van der Waals surface area contributed by atoms with Gasteiger partial charge in [-0.05, 0) is 38.1 Å². The van der Waals surface area contributed by atoms with Crippen LogP contribution >= 0.6 is 0 Å². The molecule has 1 aromatic carbocycles. The van der Waals surface area contributed by atoms with Crippen LogP contribution in [0.2, 0.25) is 0 Å². The fourth-order valence-electron chi connectivity index (χ4n) is 2.39. The molecule has 0 aliphatic carbocycles. The number of nitrogens with zero attached hydrogens (tertiary/aromatic N) is 4. The molecule has 0 spiro atoms. The topological polar surface area (TPSA) is 115 Å². The Morgan fingerprint density at radius 1 is 1.08 bits per heavy atom. The van der Waals surface area contributed by atoms with E-state index in [1.165, 1.54) is 14.0 Å². The summed E-state index contributed by atoms with van der Waals surface area (Å²) in [5.41, 5.74) is 2.83. The van der Waals surface area contributed by atoms with Crippen LogP contribution in [0.4, 0.5) is 17.3 Å². The molecule has 0 fully saturated rings. The molecule has 26 heavy (non-hydrogen) atoms. The molecule has 9 nitrogen and oxygen atoms in total. The molecular formula is C17H18N6O3. The number of anilines is 3. The number of amides is 1. The lowest BCUT2D eigenvalue weighted by Crippen LogP contribution is -2.06. The van der Waals surface area contributed by atoms with E-state index in [1.807, 2.05) is 6.92 Å². The van der Waals surface area contributed by atoms with Crippen molar-refractivity contribution in [1.82, 2.24) is 20.1 Å². The van der Waals surface area contributed by atoms with Crippen LogP contribution in [0.3, 0.4) is 0 Å². The first-order valence-corrected chi connectivity index (χ1v) is 7.84. The SMILES string of the molecule is COc1nc(Nc2ccc(NC(C)=O)cc2)nc(-c2c(C)noc2C)n1. The fraction of sp³-hybridized carbons (Fsp3) is 0.235. The van der Waals surface area contributed by atoms with E-state index in [4.69, 9.17) is 9.26 Å². The minimum absolute atomic E-state index is 0.128. The average molecular weight is 354 g/mol. The van der Waals surface area contributed by atoms with Crippen molar-refractivity contribution in [2.45, 2.75) is 20.8 Å². The van der Waals surface area contributed by atoms with E-state index in [-0.39, 0.29) is 11.9 Å². The van der Waals surface area contributed by atoms with Crippen LogP contribution in [0.1, 0.15) is 18.4 Å². The van der Waals surface area contributed by atoms with Gasteiger partial charge in [0.1, 0.15) is 5.76 Å². The smallest absolute Gasteiger partial charge is 0.321 e. The Morgan fingerprint density at radius 2 is 1.77 bits per heavy atom. The normalized spacial score (nSPS) is 10.5. The summed E-state index contributed by atoms with van der Waals surface area (Å²) >= 11 is 0. The highest BCUT2D eigenvalue weighted by Gasteiger charge is 2.17. The van der Waals surface area contributed by atoms with Gasteiger partial charge in [-0.15, -0.1) is 0 Å². The van der Waals surface area contributed by atoms with E-state index < -0.39 is 0 Å². The lowest BCUT2D eigenvalue weighted by molar-refractivity contribution is -0.114. The molecule has 0 radical (unpaired) electrons. The van der Waals surface area contributed by atoms with Gasteiger partial charge in [-0.1, -0.05) is 5.16 Å². The molecule has 0 atom stereocenters. The third-order valence-corrected chi connectivity index (χ3v) is 3.52. The first-order chi connectivity index (χ1) is 12.5. The zero-order valence-corrected chi connectivity index (χ0v) is 14.8. The summed E-state index contributed by atoms with van der Waals surface area (Å²) in [6, 6.07) is 7.33. The molecule has 134 valence electrons. The highest BCUT2D eigenvalue weighted by molar-refractivity contribution is 5.88.